The Morgan fingerprint density at radius 2 is 2.11 bits per heavy atom. The second kappa shape index (κ2) is 4.98. The molecule has 1 fully saturated rings. The van der Waals surface area contributed by atoms with E-state index in [9.17, 15) is 4.79 Å². The molecule has 0 aromatic heterocycles. The number of likely N-dealkylation sites (tertiary alicyclic amines) is 1. The second-order valence-corrected chi connectivity index (χ2v) is 4.92. The first-order valence-corrected chi connectivity index (χ1v) is 6.59. The number of hydrogen-bond donors (Lipinski definition) is 1. The number of fused-ring (bicyclic) bond motifs is 1. The molecule has 1 N–H and O–H groups in total. The van der Waals surface area contributed by atoms with Crippen LogP contribution in [0.15, 0.2) is 18.2 Å². The lowest BCUT2D eigenvalue weighted by atomic mass is 10.1. The lowest BCUT2D eigenvalue weighted by molar-refractivity contribution is 0.0957. The van der Waals surface area contributed by atoms with Crippen LogP contribution in [-0.2, 0) is 6.54 Å². The van der Waals surface area contributed by atoms with Crippen molar-refractivity contribution >= 4 is 5.91 Å². The molecule has 0 aliphatic carbocycles. The molecule has 0 bridgehead atoms. The van der Waals surface area contributed by atoms with Crippen molar-refractivity contribution < 1.29 is 9.53 Å². The molecule has 0 spiro atoms. The van der Waals surface area contributed by atoms with Crippen molar-refractivity contribution in [2.75, 3.05) is 26.2 Å². The van der Waals surface area contributed by atoms with Gasteiger partial charge in [0.25, 0.3) is 5.91 Å². The Morgan fingerprint density at radius 1 is 1.28 bits per heavy atom. The van der Waals surface area contributed by atoms with Crippen molar-refractivity contribution in [3.05, 3.63) is 29.3 Å². The predicted octanol–water partition coefficient (Wildman–Crippen LogP) is 1.40. The number of benzene rings is 1. The monoisotopic (exact) mass is 246 g/mol. The molecular weight excluding hydrogens is 228 g/mol. The van der Waals surface area contributed by atoms with Crippen molar-refractivity contribution in [1.29, 1.82) is 0 Å². The highest BCUT2D eigenvalue weighted by Crippen LogP contribution is 2.23. The van der Waals surface area contributed by atoms with Gasteiger partial charge in [0.15, 0.2) is 0 Å². The number of nitrogens with zero attached hydrogens (tertiary/aromatic N) is 1. The average molecular weight is 246 g/mol. The molecule has 3 rings (SSSR count). The van der Waals surface area contributed by atoms with Gasteiger partial charge in [-0.25, -0.2) is 0 Å². The number of ether oxygens (including phenoxy) is 1. The van der Waals surface area contributed by atoms with Gasteiger partial charge in [0.05, 0.1) is 12.1 Å². The van der Waals surface area contributed by atoms with Gasteiger partial charge in [0.1, 0.15) is 12.4 Å². The minimum absolute atomic E-state index is 0.0224. The third-order valence-corrected chi connectivity index (χ3v) is 3.54. The van der Waals surface area contributed by atoms with Crippen LogP contribution in [0, 0.1) is 0 Å². The summed E-state index contributed by atoms with van der Waals surface area (Å²) in [7, 11) is 0. The number of nitrogens with one attached hydrogen (secondary N) is 1. The fourth-order valence-corrected chi connectivity index (χ4v) is 2.60. The van der Waals surface area contributed by atoms with Crippen LogP contribution in [0.4, 0.5) is 0 Å². The topological polar surface area (TPSA) is 41.6 Å². The number of rotatable bonds is 2. The lowest BCUT2D eigenvalue weighted by Crippen LogP contribution is -2.24. The van der Waals surface area contributed by atoms with Crippen molar-refractivity contribution in [2.45, 2.75) is 19.4 Å². The summed E-state index contributed by atoms with van der Waals surface area (Å²) in [6.07, 6.45) is 2.57. The highest BCUT2D eigenvalue weighted by molar-refractivity contribution is 5.97. The van der Waals surface area contributed by atoms with Gasteiger partial charge in [-0.3, -0.25) is 9.69 Å². The van der Waals surface area contributed by atoms with E-state index < -0.39 is 0 Å². The summed E-state index contributed by atoms with van der Waals surface area (Å²) in [5.41, 5.74) is 1.86. The summed E-state index contributed by atoms with van der Waals surface area (Å²) >= 11 is 0. The Hall–Kier alpha value is -1.55. The van der Waals surface area contributed by atoms with Crippen LogP contribution in [-0.4, -0.2) is 37.0 Å². The van der Waals surface area contributed by atoms with Gasteiger partial charge in [-0.05, 0) is 43.6 Å². The van der Waals surface area contributed by atoms with Crippen LogP contribution in [0.5, 0.6) is 5.75 Å². The quantitative estimate of drug-likeness (QED) is 0.857. The van der Waals surface area contributed by atoms with E-state index >= 15 is 0 Å². The van der Waals surface area contributed by atoms with Crippen LogP contribution in [0.3, 0.4) is 0 Å². The Balaban J connectivity index is 1.82. The minimum Gasteiger partial charge on any atom is -0.491 e. The third kappa shape index (κ3) is 2.34. The lowest BCUT2D eigenvalue weighted by Gasteiger charge is -2.15. The van der Waals surface area contributed by atoms with Crippen LogP contribution in [0.1, 0.15) is 28.8 Å². The van der Waals surface area contributed by atoms with E-state index in [1.807, 2.05) is 12.1 Å². The fourth-order valence-electron chi connectivity index (χ4n) is 2.60. The van der Waals surface area contributed by atoms with Gasteiger partial charge in [0, 0.05) is 6.54 Å². The summed E-state index contributed by atoms with van der Waals surface area (Å²) in [6, 6.07) is 5.95. The summed E-state index contributed by atoms with van der Waals surface area (Å²) in [5, 5.41) is 2.84. The summed E-state index contributed by atoms with van der Waals surface area (Å²) in [6.45, 7) is 4.39. The number of carbonyl (C=O) groups excluding carboxylic acids is 1. The number of carbonyl (C=O) groups is 1. The largest absolute Gasteiger partial charge is 0.491 e. The van der Waals surface area contributed by atoms with Crippen LogP contribution >= 0.6 is 0 Å². The molecule has 1 saturated heterocycles. The first-order valence-electron chi connectivity index (χ1n) is 6.59. The first kappa shape index (κ1) is 11.5. The summed E-state index contributed by atoms with van der Waals surface area (Å²) < 4.78 is 5.55. The molecule has 0 radical (unpaired) electrons. The van der Waals surface area contributed by atoms with E-state index in [-0.39, 0.29) is 5.91 Å². The van der Waals surface area contributed by atoms with Crippen LogP contribution in [0.25, 0.3) is 0 Å². The molecule has 0 saturated carbocycles. The van der Waals surface area contributed by atoms with Gasteiger partial charge in [-0.2, -0.15) is 0 Å². The Bertz CT molecular complexity index is 453. The van der Waals surface area contributed by atoms with Gasteiger partial charge in [-0.1, -0.05) is 6.07 Å². The Morgan fingerprint density at radius 3 is 2.94 bits per heavy atom. The molecule has 0 atom stereocenters. The van der Waals surface area contributed by atoms with E-state index in [4.69, 9.17) is 4.74 Å². The average Bonchev–Trinajstić information content (AvgIpc) is 2.81. The van der Waals surface area contributed by atoms with E-state index in [1.54, 1.807) is 0 Å². The van der Waals surface area contributed by atoms with Gasteiger partial charge >= 0.3 is 0 Å². The zero-order valence-corrected chi connectivity index (χ0v) is 10.4. The van der Waals surface area contributed by atoms with Gasteiger partial charge < -0.3 is 10.1 Å². The normalized spacial score (nSPS) is 19.9. The summed E-state index contributed by atoms with van der Waals surface area (Å²) in [5.74, 6) is 0.681. The van der Waals surface area contributed by atoms with Crippen molar-refractivity contribution in [3.8, 4) is 5.75 Å². The Labute approximate surface area is 107 Å². The van der Waals surface area contributed by atoms with E-state index in [2.05, 4.69) is 16.3 Å². The zero-order valence-electron chi connectivity index (χ0n) is 10.4. The van der Waals surface area contributed by atoms with Gasteiger partial charge in [-0.15, -0.1) is 0 Å². The van der Waals surface area contributed by atoms with E-state index in [0.717, 1.165) is 6.54 Å². The molecule has 2 heterocycles. The summed E-state index contributed by atoms with van der Waals surface area (Å²) in [4.78, 5) is 14.3. The maximum absolute atomic E-state index is 11.9. The first-order chi connectivity index (χ1) is 8.83. The zero-order chi connectivity index (χ0) is 12.4. The molecule has 2 aliphatic heterocycles. The molecule has 1 amide bonds. The number of hydrogen-bond acceptors (Lipinski definition) is 3. The molecule has 18 heavy (non-hydrogen) atoms. The SMILES string of the molecule is O=C1NCCOc2ccc(CN3CCCC3)cc21. The number of amides is 1. The smallest absolute Gasteiger partial charge is 0.255 e. The molecule has 96 valence electrons. The van der Waals surface area contributed by atoms with Crippen LogP contribution in [0.2, 0.25) is 0 Å². The maximum atomic E-state index is 11.9. The van der Waals surface area contributed by atoms with E-state index in [1.165, 1.54) is 31.5 Å². The van der Waals surface area contributed by atoms with Gasteiger partial charge in [0.2, 0.25) is 0 Å². The standard InChI is InChI=1S/C14H18N2O2/c17-14-12-9-11(10-16-6-1-2-7-16)3-4-13(12)18-8-5-15-14/h3-4,9H,1-2,5-8,10H2,(H,15,17). The molecule has 2 aliphatic rings. The molecule has 4 nitrogen and oxygen atoms in total. The molecular formula is C14H18N2O2. The highest BCUT2D eigenvalue weighted by atomic mass is 16.5. The van der Waals surface area contributed by atoms with Crippen molar-refractivity contribution in [3.63, 3.8) is 0 Å². The van der Waals surface area contributed by atoms with E-state index in [0.29, 0.717) is 24.5 Å². The Kier molecular flexibility index (Phi) is 3.19. The fraction of sp³-hybridized carbons (Fsp3) is 0.500. The second-order valence-electron chi connectivity index (χ2n) is 4.92. The van der Waals surface area contributed by atoms with Crippen molar-refractivity contribution in [1.82, 2.24) is 10.2 Å². The minimum atomic E-state index is -0.0224. The van der Waals surface area contributed by atoms with Crippen LogP contribution < -0.4 is 10.1 Å². The highest BCUT2D eigenvalue weighted by Gasteiger charge is 2.18. The maximum Gasteiger partial charge on any atom is 0.255 e. The molecule has 4 heteroatoms. The predicted molar refractivity (Wildman–Crippen MR) is 68.8 cm³/mol. The molecule has 1 aromatic rings. The molecule has 1 aromatic carbocycles. The van der Waals surface area contributed by atoms with Crippen molar-refractivity contribution in [2.24, 2.45) is 0 Å². The molecule has 0 unspecified atom stereocenters. The third-order valence-electron chi connectivity index (χ3n) is 3.54.